The standard InChI is InChI=1S/C28H38N2O9S/c1-16(2)14-17(28(3)11-9-10-18(28)39-27(33)40-30-13-12-29-15-30)19-22(34-4)20(25(31)37-7)24(36-6)21(23(19)35-5)26(32)38-8/h12-13,15-18H,9-11,14H2,1-8H3/t17-,18?,28-/m0/s1. The minimum absolute atomic E-state index is 0.0525. The summed E-state index contributed by atoms with van der Waals surface area (Å²) in [6, 6.07) is 0. The normalized spacial score (nSPS) is 19.2. The molecule has 0 amide bonds. The van der Waals surface area contributed by atoms with Crippen LogP contribution in [0.25, 0.3) is 0 Å². The summed E-state index contributed by atoms with van der Waals surface area (Å²) in [4.78, 5) is 43.2. The molecule has 1 fully saturated rings. The van der Waals surface area contributed by atoms with Crippen molar-refractivity contribution in [2.75, 3.05) is 35.5 Å². The Hall–Kier alpha value is -3.41. The van der Waals surface area contributed by atoms with Gasteiger partial charge >= 0.3 is 17.2 Å². The highest BCUT2D eigenvalue weighted by Gasteiger charge is 2.51. The fraction of sp³-hybridized carbons (Fsp3) is 0.571. The number of rotatable bonds is 11. The summed E-state index contributed by atoms with van der Waals surface area (Å²) in [6.45, 7) is 6.21. The van der Waals surface area contributed by atoms with Gasteiger partial charge in [-0.15, -0.1) is 0 Å². The molecule has 2 aromatic rings. The van der Waals surface area contributed by atoms with Crippen LogP contribution in [0.3, 0.4) is 0 Å². The van der Waals surface area contributed by atoms with Crippen LogP contribution < -0.4 is 14.2 Å². The van der Waals surface area contributed by atoms with Crippen LogP contribution in [0, 0.1) is 11.3 Å². The Kier molecular flexibility index (Phi) is 10.3. The highest BCUT2D eigenvalue weighted by molar-refractivity contribution is 8.11. The molecule has 1 aromatic carbocycles. The minimum atomic E-state index is -0.748. The molecule has 12 heteroatoms. The van der Waals surface area contributed by atoms with Crippen molar-refractivity contribution >= 4 is 29.2 Å². The third kappa shape index (κ3) is 6.01. The smallest absolute Gasteiger partial charge is 0.388 e. The van der Waals surface area contributed by atoms with Crippen LogP contribution in [0.1, 0.15) is 78.7 Å². The van der Waals surface area contributed by atoms with Crippen LogP contribution in [0.2, 0.25) is 0 Å². The van der Waals surface area contributed by atoms with Gasteiger partial charge in [-0.2, -0.15) is 0 Å². The average Bonchev–Trinajstić information content (AvgIpc) is 3.58. The Balaban J connectivity index is 2.28. The van der Waals surface area contributed by atoms with Crippen LogP contribution in [-0.2, 0) is 14.2 Å². The van der Waals surface area contributed by atoms with Crippen molar-refractivity contribution in [3.05, 3.63) is 35.4 Å². The van der Waals surface area contributed by atoms with E-state index in [-0.39, 0.29) is 40.2 Å². The molecule has 0 radical (unpaired) electrons. The summed E-state index contributed by atoms with van der Waals surface area (Å²) in [6.07, 6.45) is 7.10. The molecule has 220 valence electrons. The van der Waals surface area contributed by atoms with E-state index in [2.05, 4.69) is 25.8 Å². The number of esters is 2. The number of methoxy groups -OCH3 is 5. The zero-order chi connectivity index (χ0) is 29.6. The zero-order valence-corrected chi connectivity index (χ0v) is 25.1. The maximum Gasteiger partial charge on any atom is 0.388 e. The van der Waals surface area contributed by atoms with Gasteiger partial charge in [-0.3, -0.25) is 3.97 Å². The van der Waals surface area contributed by atoms with Gasteiger partial charge in [0.05, 0.1) is 47.5 Å². The molecular formula is C28H38N2O9S. The molecule has 3 rings (SSSR count). The molecule has 3 atom stereocenters. The van der Waals surface area contributed by atoms with E-state index in [1.54, 1.807) is 16.4 Å². The summed E-state index contributed by atoms with van der Waals surface area (Å²) in [7, 11) is 6.68. The number of hydrogen-bond acceptors (Lipinski definition) is 11. The molecule has 0 spiro atoms. The first-order valence-electron chi connectivity index (χ1n) is 13.0. The Morgan fingerprint density at radius 2 is 1.57 bits per heavy atom. The minimum Gasteiger partial charge on any atom is -0.495 e. The van der Waals surface area contributed by atoms with Crippen molar-refractivity contribution < 1.29 is 42.8 Å². The molecule has 0 saturated heterocycles. The molecule has 1 heterocycles. The lowest BCUT2D eigenvalue weighted by atomic mass is 9.66. The van der Waals surface area contributed by atoms with Crippen LogP contribution in [0.5, 0.6) is 17.2 Å². The highest BCUT2D eigenvalue weighted by atomic mass is 32.2. The molecule has 1 aromatic heterocycles. The van der Waals surface area contributed by atoms with Gasteiger partial charge in [0, 0.05) is 29.3 Å². The number of hydrogen-bond donors (Lipinski definition) is 0. The predicted octanol–water partition coefficient (Wildman–Crippen LogP) is 5.50. The SMILES string of the molecule is COC(=O)c1c(OC)c(C(=O)OC)c(OC)c([C@H](CC(C)C)[C@]2(C)CCCC2OC(=O)Sn2ccnc2)c1OC. The van der Waals surface area contributed by atoms with Crippen molar-refractivity contribution in [2.45, 2.75) is 58.5 Å². The molecule has 1 aliphatic carbocycles. The summed E-state index contributed by atoms with van der Waals surface area (Å²) in [5, 5.41) is -0.460. The zero-order valence-electron chi connectivity index (χ0n) is 24.3. The largest absolute Gasteiger partial charge is 0.495 e. The number of ether oxygens (including phenoxy) is 6. The van der Waals surface area contributed by atoms with E-state index < -0.39 is 28.8 Å². The molecule has 0 N–H and O–H groups in total. The van der Waals surface area contributed by atoms with E-state index >= 15 is 0 Å². The van der Waals surface area contributed by atoms with Crippen molar-refractivity contribution in [1.82, 2.24) is 8.96 Å². The van der Waals surface area contributed by atoms with Crippen molar-refractivity contribution in [3.8, 4) is 17.2 Å². The van der Waals surface area contributed by atoms with E-state index in [0.717, 1.165) is 24.8 Å². The van der Waals surface area contributed by atoms with Crippen LogP contribution in [0.4, 0.5) is 4.79 Å². The number of carbonyl (C=O) groups is 3. The first-order chi connectivity index (χ1) is 19.1. The molecule has 0 bridgehead atoms. The van der Waals surface area contributed by atoms with E-state index in [9.17, 15) is 14.4 Å². The quantitative estimate of drug-likeness (QED) is 0.248. The Morgan fingerprint density at radius 1 is 1.00 bits per heavy atom. The second-order valence-electron chi connectivity index (χ2n) is 10.2. The molecular weight excluding hydrogens is 540 g/mol. The third-order valence-corrected chi connectivity index (χ3v) is 8.13. The number of nitrogens with zero attached hydrogens (tertiary/aromatic N) is 2. The Morgan fingerprint density at radius 3 is 2.02 bits per heavy atom. The molecule has 1 saturated carbocycles. The second kappa shape index (κ2) is 13.3. The number of aromatic nitrogens is 2. The summed E-state index contributed by atoms with van der Waals surface area (Å²) >= 11 is 0.903. The molecule has 40 heavy (non-hydrogen) atoms. The van der Waals surface area contributed by atoms with E-state index in [4.69, 9.17) is 28.4 Å². The lowest BCUT2D eigenvalue weighted by Gasteiger charge is -2.41. The lowest BCUT2D eigenvalue weighted by Crippen LogP contribution is -2.37. The van der Waals surface area contributed by atoms with Gasteiger partial charge in [0.25, 0.3) is 0 Å². The average molecular weight is 579 g/mol. The van der Waals surface area contributed by atoms with E-state index in [1.165, 1.54) is 41.9 Å². The molecule has 11 nitrogen and oxygen atoms in total. The maximum absolute atomic E-state index is 13.1. The van der Waals surface area contributed by atoms with Crippen LogP contribution in [0.15, 0.2) is 18.7 Å². The Bertz CT molecular complexity index is 1170. The predicted molar refractivity (Wildman–Crippen MR) is 148 cm³/mol. The first kappa shape index (κ1) is 31.1. The second-order valence-corrected chi connectivity index (χ2v) is 11.1. The van der Waals surface area contributed by atoms with Gasteiger partial charge in [-0.25, -0.2) is 19.4 Å². The van der Waals surface area contributed by atoms with E-state index in [1.807, 2.05) is 0 Å². The van der Waals surface area contributed by atoms with Crippen LogP contribution in [-0.4, -0.2) is 67.8 Å². The molecule has 1 aliphatic rings. The fourth-order valence-corrected chi connectivity index (χ4v) is 6.24. The van der Waals surface area contributed by atoms with Crippen molar-refractivity contribution in [3.63, 3.8) is 0 Å². The number of imidazole rings is 1. The summed E-state index contributed by atoms with van der Waals surface area (Å²) in [5.74, 6) is -1.41. The van der Waals surface area contributed by atoms with Crippen molar-refractivity contribution in [2.24, 2.45) is 11.3 Å². The third-order valence-electron chi connectivity index (χ3n) is 7.46. The number of benzene rings is 1. The Labute approximate surface area is 238 Å². The highest BCUT2D eigenvalue weighted by Crippen LogP contribution is 2.58. The van der Waals surface area contributed by atoms with Gasteiger partial charge in [0.1, 0.15) is 35.1 Å². The maximum atomic E-state index is 13.1. The first-order valence-corrected chi connectivity index (χ1v) is 13.7. The number of carbonyl (C=O) groups excluding carboxylic acids is 3. The van der Waals surface area contributed by atoms with Gasteiger partial charge < -0.3 is 28.4 Å². The van der Waals surface area contributed by atoms with Crippen molar-refractivity contribution in [1.29, 1.82) is 0 Å². The summed E-state index contributed by atoms with van der Waals surface area (Å²) in [5.41, 5.74) is -0.217. The summed E-state index contributed by atoms with van der Waals surface area (Å²) < 4.78 is 35.1. The molecule has 1 unspecified atom stereocenters. The van der Waals surface area contributed by atoms with Crippen LogP contribution >= 0.6 is 11.9 Å². The van der Waals surface area contributed by atoms with Gasteiger partial charge in [0.2, 0.25) is 0 Å². The van der Waals surface area contributed by atoms with Gasteiger partial charge in [-0.1, -0.05) is 20.8 Å². The van der Waals surface area contributed by atoms with E-state index in [0.29, 0.717) is 18.4 Å². The van der Waals surface area contributed by atoms with Gasteiger partial charge in [-0.05, 0) is 31.6 Å². The van der Waals surface area contributed by atoms with Gasteiger partial charge in [0.15, 0.2) is 5.75 Å². The fourth-order valence-electron chi connectivity index (χ4n) is 5.69. The molecule has 0 aliphatic heterocycles. The monoisotopic (exact) mass is 578 g/mol. The topological polar surface area (TPSA) is 124 Å². The lowest BCUT2D eigenvalue weighted by molar-refractivity contribution is 0.0279.